The summed E-state index contributed by atoms with van der Waals surface area (Å²) < 4.78 is 0. The van der Waals surface area contributed by atoms with Crippen LogP contribution in [0.3, 0.4) is 0 Å². The summed E-state index contributed by atoms with van der Waals surface area (Å²) >= 11 is 1.73. The highest BCUT2D eigenvalue weighted by molar-refractivity contribution is 7.14. The molecule has 21 heavy (non-hydrogen) atoms. The molecule has 0 bridgehead atoms. The lowest BCUT2D eigenvalue weighted by atomic mass is 9.80. The van der Waals surface area contributed by atoms with Crippen molar-refractivity contribution in [3.8, 4) is 10.7 Å². The molecule has 2 N–H and O–H groups in total. The Morgan fingerprint density at radius 3 is 2.95 bits per heavy atom. The molecule has 5 heteroatoms. The second-order valence-corrected chi connectivity index (χ2v) is 7.56. The molecule has 1 unspecified atom stereocenters. The fourth-order valence-corrected chi connectivity index (χ4v) is 3.76. The molecule has 3 rings (SSSR count). The van der Waals surface area contributed by atoms with Crippen molar-refractivity contribution < 1.29 is 0 Å². The number of piperidine rings is 1. The molecule has 1 fully saturated rings. The Balaban J connectivity index is 1.68. The quantitative estimate of drug-likeness (QED) is 0.947. The van der Waals surface area contributed by atoms with E-state index in [1.165, 1.54) is 4.88 Å². The van der Waals surface area contributed by atoms with Crippen molar-refractivity contribution in [2.75, 3.05) is 13.1 Å². The lowest BCUT2D eigenvalue weighted by Crippen LogP contribution is -2.51. The van der Waals surface area contributed by atoms with Gasteiger partial charge in [0.1, 0.15) is 5.01 Å². The lowest BCUT2D eigenvalue weighted by Gasteiger charge is -2.42. The van der Waals surface area contributed by atoms with Gasteiger partial charge in [0.15, 0.2) is 0 Å². The van der Waals surface area contributed by atoms with Gasteiger partial charge in [0.05, 0.1) is 5.69 Å². The van der Waals surface area contributed by atoms with E-state index < -0.39 is 0 Å². The summed E-state index contributed by atoms with van der Waals surface area (Å²) in [5, 5.41) is 0.999. The minimum atomic E-state index is 0.187. The normalized spacial score (nSPS) is 22.3. The number of aromatic nitrogens is 2. The zero-order chi connectivity index (χ0) is 14.9. The van der Waals surface area contributed by atoms with E-state index in [0.717, 1.165) is 36.8 Å². The van der Waals surface area contributed by atoms with Crippen LogP contribution >= 0.6 is 11.3 Å². The Hall–Kier alpha value is -1.30. The summed E-state index contributed by atoms with van der Waals surface area (Å²) in [6.07, 6.45) is 4.86. The monoisotopic (exact) mass is 302 g/mol. The third-order valence-corrected chi connectivity index (χ3v) is 5.21. The van der Waals surface area contributed by atoms with Gasteiger partial charge < -0.3 is 5.73 Å². The molecule has 1 aliphatic heterocycles. The molecule has 0 saturated carbocycles. The van der Waals surface area contributed by atoms with E-state index in [4.69, 9.17) is 5.73 Å². The molecule has 2 aromatic heterocycles. The molecule has 1 atom stereocenters. The maximum atomic E-state index is 6.20. The zero-order valence-corrected chi connectivity index (χ0v) is 13.4. The van der Waals surface area contributed by atoms with E-state index in [2.05, 4.69) is 28.7 Å². The number of rotatable bonds is 3. The van der Waals surface area contributed by atoms with Gasteiger partial charge in [-0.05, 0) is 24.0 Å². The topological polar surface area (TPSA) is 55.0 Å². The first-order chi connectivity index (χ1) is 10.0. The second kappa shape index (κ2) is 5.83. The van der Waals surface area contributed by atoms with E-state index in [9.17, 15) is 0 Å². The molecule has 2 aromatic rings. The van der Waals surface area contributed by atoms with Gasteiger partial charge in [0.25, 0.3) is 0 Å². The highest BCUT2D eigenvalue weighted by atomic mass is 32.1. The van der Waals surface area contributed by atoms with Crippen molar-refractivity contribution in [1.29, 1.82) is 0 Å². The van der Waals surface area contributed by atoms with Crippen molar-refractivity contribution in [2.24, 2.45) is 11.1 Å². The lowest BCUT2D eigenvalue weighted by molar-refractivity contribution is 0.0906. The number of hydrogen-bond acceptors (Lipinski definition) is 5. The van der Waals surface area contributed by atoms with Crippen LogP contribution in [0, 0.1) is 5.41 Å². The minimum Gasteiger partial charge on any atom is -0.327 e. The van der Waals surface area contributed by atoms with E-state index in [-0.39, 0.29) is 5.41 Å². The summed E-state index contributed by atoms with van der Waals surface area (Å²) in [4.78, 5) is 12.6. The van der Waals surface area contributed by atoms with Crippen LogP contribution in [0.5, 0.6) is 0 Å². The van der Waals surface area contributed by atoms with Crippen LogP contribution in [0.2, 0.25) is 0 Å². The van der Waals surface area contributed by atoms with Crippen molar-refractivity contribution in [2.45, 2.75) is 32.9 Å². The third-order valence-electron chi connectivity index (χ3n) is 4.21. The molecule has 3 heterocycles. The molecular weight excluding hydrogens is 280 g/mol. The summed E-state index contributed by atoms with van der Waals surface area (Å²) in [7, 11) is 0. The fraction of sp³-hybridized carbons (Fsp3) is 0.500. The Morgan fingerprint density at radius 2 is 2.24 bits per heavy atom. The van der Waals surface area contributed by atoms with Crippen LogP contribution in [0.4, 0.5) is 0 Å². The van der Waals surface area contributed by atoms with E-state index in [1.807, 2.05) is 30.6 Å². The van der Waals surface area contributed by atoms with Crippen LogP contribution in [0.25, 0.3) is 10.7 Å². The Labute approximate surface area is 130 Å². The minimum absolute atomic E-state index is 0.187. The van der Waals surface area contributed by atoms with Crippen LogP contribution in [-0.4, -0.2) is 34.0 Å². The molecule has 0 aliphatic carbocycles. The first-order valence-electron chi connectivity index (χ1n) is 7.39. The van der Waals surface area contributed by atoms with Gasteiger partial charge in [-0.2, -0.15) is 0 Å². The molecule has 1 saturated heterocycles. The fourth-order valence-electron chi connectivity index (χ4n) is 2.83. The average molecular weight is 302 g/mol. The molecule has 0 amide bonds. The summed E-state index contributed by atoms with van der Waals surface area (Å²) in [6, 6.07) is 6.24. The molecular formula is C16H22N4S. The molecule has 0 radical (unpaired) electrons. The predicted octanol–water partition coefficient (Wildman–Crippen LogP) is 2.76. The Bertz CT molecular complexity index is 593. The smallest absolute Gasteiger partial charge is 0.142 e. The van der Waals surface area contributed by atoms with E-state index in [0.29, 0.717) is 6.04 Å². The van der Waals surface area contributed by atoms with Gasteiger partial charge in [-0.25, -0.2) is 4.98 Å². The van der Waals surface area contributed by atoms with Crippen LogP contribution in [0.1, 0.15) is 25.1 Å². The molecule has 0 aromatic carbocycles. The van der Waals surface area contributed by atoms with Gasteiger partial charge in [0, 0.05) is 42.9 Å². The maximum Gasteiger partial charge on any atom is 0.142 e. The summed E-state index contributed by atoms with van der Waals surface area (Å²) in [5.74, 6) is 0. The maximum absolute atomic E-state index is 6.20. The first kappa shape index (κ1) is 14.6. The average Bonchev–Trinajstić information content (AvgIpc) is 2.92. The van der Waals surface area contributed by atoms with Gasteiger partial charge in [0.2, 0.25) is 0 Å². The second-order valence-electron chi connectivity index (χ2n) is 6.44. The molecule has 1 aliphatic rings. The van der Waals surface area contributed by atoms with E-state index >= 15 is 0 Å². The largest absolute Gasteiger partial charge is 0.327 e. The SMILES string of the molecule is CC1(C)CN(Cc2cnc(-c3ccccn3)s2)CCC1N. The number of nitrogens with two attached hydrogens (primary N) is 1. The number of hydrogen-bond donors (Lipinski definition) is 1. The van der Waals surface area contributed by atoms with Crippen molar-refractivity contribution in [1.82, 2.24) is 14.9 Å². The highest BCUT2D eigenvalue weighted by Gasteiger charge is 2.33. The number of likely N-dealkylation sites (tertiary alicyclic amines) is 1. The number of pyridine rings is 1. The number of thiazole rings is 1. The zero-order valence-electron chi connectivity index (χ0n) is 12.6. The van der Waals surface area contributed by atoms with Gasteiger partial charge in [-0.1, -0.05) is 19.9 Å². The molecule has 4 nitrogen and oxygen atoms in total. The molecule has 112 valence electrons. The van der Waals surface area contributed by atoms with Crippen LogP contribution in [-0.2, 0) is 6.54 Å². The van der Waals surface area contributed by atoms with Crippen LogP contribution < -0.4 is 5.73 Å². The van der Waals surface area contributed by atoms with Gasteiger partial charge >= 0.3 is 0 Å². The summed E-state index contributed by atoms with van der Waals surface area (Å²) in [5.41, 5.74) is 7.34. The predicted molar refractivity (Wildman–Crippen MR) is 87.0 cm³/mol. The van der Waals surface area contributed by atoms with E-state index in [1.54, 1.807) is 11.3 Å². The standard InChI is InChI=1S/C16H22N4S/c1-16(2)11-20(8-6-14(16)17)10-12-9-19-15(21-12)13-5-3-4-7-18-13/h3-5,7,9,14H,6,8,10-11,17H2,1-2H3. The Morgan fingerprint density at radius 1 is 1.38 bits per heavy atom. The van der Waals surface area contributed by atoms with Crippen molar-refractivity contribution >= 4 is 11.3 Å². The van der Waals surface area contributed by atoms with Crippen molar-refractivity contribution in [3.63, 3.8) is 0 Å². The van der Waals surface area contributed by atoms with Gasteiger partial charge in [-0.3, -0.25) is 9.88 Å². The Kier molecular flexibility index (Phi) is 4.06. The summed E-state index contributed by atoms with van der Waals surface area (Å²) in [6.45, 7) is 7.60. The highest BCUT2D eigenvalue weighted by Crippen LogP contribution is 2.30. The molecule has 0 spiro atoms. The third kappa shape index (κ3) is 3.31. The van der Waals surface area contributed by atoms with Crippen LogP contribution in [0.15, 0.2) is 30.6 Å². The van der Waals surface area contributed by atoms with Gasteiger partial charge in [-0.15, -0.1) is 11.3 Å². The first-order valence-corrected chi connectivity index (χ1v) is 8.20. The van der Waals surface area contributed by atoms with Crippen molar-refractivity contribution in [3.05, 3.63) is 35.5 Å². The number of nitrogens with zero attached hydrogens (tertiary/aromatic N) is 3.